The third kappa shape index (κ3) is 4.76. The number of para-hydroxylation sites is 1. The Balaban J connectivity index is 2.68. The van der Waals surface area contributed by atoms with Gasteiger partial charge in [-0.05, 0) is 34.6 Å². The zero-order valence-electron chi connectivity index (χ0n) is 7.21. The molecule has 0 heterocycles. The molecule has 0 atom stereocenters. The predicted octanol–water partition coefficient (Wildman–Crippen LogP) is 4.05. The van der Waals surface area contributed by atoms with Crippen LogP contribution in [0.4, 0.5) is 10.5 Å². The van der Waals surface area contributed by atoms with E-state index in [9.17, 15) is 9.36 Å². The largest absolute Gasteiger partial charge is 0.346 e. The summed E-state index contributed by atoms with van der Waals surface area (Å²) >= 11 is 16.1. The normalized spacial score (nSPS) is 10.9. The van der Waals surface area contributed by atoms with E-state index in [0.717, 1.165) is 0 Å². The third-order valence-electron chi connectivity index (χ3n) is 1.35. The summed E-state index contributed by atoms with van der Waals surface area (Å²) in [6.07, 6.45) is 0. The van der Waals surface area contributed by atoms with Crippen LogP contribution in [0, 0.1) is 0 Å². The van der Waals surface area contributed by atoms with Crippen LogP contribution in [0.5, 0.6) is 0 Å². The minimum absolute atomic E-state index is 0.353. The standard InChI is InChI=1S/C7H6Cl3N2O2P/c8-5-3-1-2-4-6(5)11-7(13)12-15(9,10)14/h1-4H,(H2,11,12,13,14). The molecule has 4 nitrogen and oxygen atoms in total. The lowest BCUT2D eigenvalue weighted by molar-refractivity contribution is 0.256. The van der Waals surface area contributed by atoms with E-state index in [4.69, 9.17) is 34.1 Å². The molecule has 0 aliphatic heterocycles. The van der Waals surface area contributed by atoms with Gasteiger partial charge in [0.1, 0.15) is 0 Å². The van der Waals surface area contributed by atoms with Crippen molar-refractivity contribution in [1.29, 1.82) is 0 Å². The highest BCUT2D eigenvalue weighted by molar-refractivity contribution is 8.07. The Labute approximate surface area is 101 Å². The number of carbonyl (C=O) groups is 1. The molecule has 0 unspecified atom stereocenters. The van der Waals surface area contributed by atoms with E-state index in [1.165, 1.54) is 0 Å². The smallest absolute Gasteiger partial charge is 0.306 e. The first-order valence-corrected chi connectivity index (χ1v) is 7.61. The maximum Gasteiger partial charge on any atom is 0.346 e. The van der Waals surface area contributed by atoms with Crippen LogP contribution >= 0.6 is 40.1 Å². The summed E-state index contributed by atoms with van der Waals surface area (Å²) in [6.45, 7) is 0. The molecule has 0 radical (unpaired) electrons. The van der Waals surface area contributed by atoms with E-state index >= 15 is 0 Å². The van der Waals surface area contributed by atoms with Crippen LogP contribution in [0.1, 0.15) is 0 Å². The van der Waals surface area contributed by atoms with E-state index in [2.05, 4.69) is 5.32 Å². The summed E-state index contributed by atoms with van der Waals surface area (Å²) < 4.78 is 10.8. The predicted molar refractivity (Wildman–Crippen MR) is 62.9 cm³/mol. The van der Waals surface area contributed by atoms with Crippen molar-refractivity contribution in [2.75, 3.05) is 5.32 Å². The van der Waals surface area contributed by atoms with Crippen LogP contribution in [0.25, 0.3) is 0 Å². The highest BCUT2D eigenvalue weighted by Gasteiger charge is 2.17. The first-order valence-electron chi connectivity index (χ1n) is 3.71. The molecule has 0 saturated heterocycles. The molecule has 0 aliphatic rings. The molecule has 2 N–H and O–H groups in total. The number of rotatable bonds is 2. The maximum absolute atomic E-state index is 11.2. The molecule has 0 bridgehead atoms. The number of hydrogen-bond acceptors (Lipinski definition) is 2. The average Bonchev–Trinajstić information content (AvgIpc) is 2.05. The topological polar surface area (TPSA) is 58.2 Å². The molecule has 8 heteroatoms. The number of urea groups is 1. The monoisotopic (exact) mass is 286 g/mol. The zero-order chi connectivity index (χ0) is 11.5. The van der Waals surface area contributed by atoms with Crippen molar-refractivity contribution >= 4 is 51.8 Å². The molecule has 15 heavy (non-hydrogen) atoms. The summed E-state index contributed by atoms with van der Waals surface area (Å²) in [5.74, 6) is -3.63. The van der Waals surface area contributed by atoms with Crippen LogP contribution in [-0.4, -0.2) is 6.03 Å². The van der Waals surface area contributed by atoms with Gasteiger partial charge in [0.15, 0.2) is 0 Å². The quantitative estimate of drug-likeness (QED) is 0.806. The van der Waals surface area contributed by atoms with E-state index in [1.54, 1.807) is 24.3 Å². The second-order valence-electron chi connectivity index (χ2n) is 2.51. The van der Waals surface area contributed by atoms with Crippen molar-refractivity contribution in [1.82, 2.24) is 5.09 Å². The molecule has 82 valence electrons. The van der Waals surface area contributed by atoms with Gasteiger partial charge < -0.3 is 5.32 Å². The molecule has 0 aliphatic carbocycles. The minimum atomic E-state index is -3.63. The van der Waals surface area contributed by atoms with Gasteiger partial charge in [0.2, 0.25) is 0 Å². The lowest BCUT2D eigenvalue weighted by Crippen LogP contribution is -2.23. The first kappa shape index (κ1) is 12.7. The molecule has 1 aromatic rings. The van der Waals surface area contributed by atoms with Crippen LogP contribution < -0.4 is 10.4 Å². The average molecular weight is 287 g/mol. The van der Waals surface area contributed by atoms with Crippen LogP contribution in [0.15, 0.2) is 24.3 Å². The lowest BCUT2D eigenvalue weighted by Gasteiger charge is -2.08. The fraction of sp³-hybridized carbons (Fsp3) is 0. The molecule has 0 spiro atoms. The van der Waals surface area contributed by atoms with Crippen molar-refractivity contribution < 1.29 is 9.36 Å². The third-order valence-corrected chi connectivity index (χ3v) is 2.65. The van der Waals surface area contributed by atoms with Crippen molar-refractivity contribution in [3.05, 3.63) is 29.3 Å². The molecule has 2 amide bonds. The Hall–Kier alpha value is -0.410. The number of nitrogens with one attached hydrogen (secondary N) is 2. The molecule has 0 fully saturated rings. The Morgan fingerprint density at radius 1 is 1.27 bits per heavy atom. The number of amides is 2. The van der Waals surface area contributed by atoms with Crippen molar-refractivity contribution in [2.45, 2.75) is 0 Å². The van der Waals surface area contributed by atoms with E-state index < -0.39 is 12.0 Å². The molecule has 1 rings (SSSR count). The lowest BCUT2D eigenvalue weighted by atomic mass is 10.3. The fourth-order valence-corrected chi connectivity index (χ4v) is 1.77. The molecular formula is C7H6Cl3N2O2P. The maximum atomic E-state index is 11.2. The van der Waals surface area contributed by atoms with Gasteiger partial charge in [0.25, 0.3) is 0 Å². The van der Waals surface area contributed by atoms with Crippen LogP contribution in [0.2, 0.25) is 5.02 Å². The summed E-state index contributed by atoms with van der Waals surface area (Å²) in [6, 6.07) is 5.78. The molecule has 0 saturated carbocycles. The summed E-state index contributed by atoms with van der Waals surface area (Å²) in [5.41, 5.74) is 0.374. The van der Waals surface area contributed by atoms with Gasteiger partial charge in [0.05, 0.1) is 10.7 Å². The van der Waals surface area contributed by atoms with Gasteiger partial charge in [-0.15, -0.1) is 0 Å². The highest BCUT2D eigenvalue weighted by Crippen LogP contribution is 2.52. The number of hydrogen-bond donors (Lipinski definition) is 2. The fourth-order valence-electron chi connectivity index (χ4n) is 0.831. The van der Waals surface area contributed by atoms with E-state index in [0.29, 0.717) is 10.7 Å². The van der Waals surface area contributed by atoms with Crippen molar-refractivity contribution in [2.24, 2.45) is 0 Å². The molecular weight excluding hydrogens is 281 g/mol. The zero-order valence-corrected chi connectivity index (χ0v) is 10.4. The number of carbonyl (C=O) groups excluding carboxylic acids is 1. The SMILES string of the molecule is O=C(Nc1ccccc1Cl)NP(=O)(Cl)Cl. The van der Waals surface area contributed by atoms with Crippen molar-refractivity contribution in [3.63, 3.8) is 0 Å². The van der Waals surface area contributed by atoms with E-state index in [-0.39, 0.29) is 0 Å². The minimum Gasteiger partial charge on any atom is -0.306 e. The van der Waals surface area contributed by atoms with Crippen LogP contribution in [-0.2, 0) is 4.57 Å². The molecule has 0 aromatic heterocycles. The van der Waals surface area contributed by atoms with Gasteiger partial charge in [-0.1, -0.05) is 23.7 Å². The Morgan fingerprint density at radius 3 is 2.40 bits per heavy atom. The van der Waals surface area contributed by atoms with Gasteiger partial charge in [-0.2, -0.15) is 0 Å². The molecule has 1 aromatic carbocycles. The summed E-state index contributed by atoms with van der Waals surface area (Å²) in [4.78, 5) is 11.2. The number of benzene rings is 1. The van der Waals surface area contributed by atoms with Gasteiger partial charge in [-0.25, -0.2) is 4.79 Å². The highest BCUT2D eigenvalue weighted by atomic mass is 35.9. The van der Waals surface area contributed by atoms with Crippen LogP contribution in [0.3, 0.4) is 0 Å². The summed E-state index contributed by atoms with van der Waals surface area (Å²) in [7, 11) is 0. The van der Waals surface area contributed by atoms with Gasteiger partial charge in [-0.3, -0.25) is 9.65 Å². The summed E-state index contributed by atoms with van der Waals surface area (Å²) in [5, 5.41) is 4.57. The Morgan fingerprint density at radius 2 is 1.87 bits per heavy atom. The second kappa shape index (κ2) is 5.08. The van der Waals surface area contributed by atoms with E-state index in [1.807, 2.05) is 5.09 Å². The number of anilines is 1. The van der Waals surface area contributed by atoms with Gasteiger partial charge in [0, 0.05) is 0 Å². The first-order chi connectivity index (χ1) is 6.88. The van der Waals surface area contributed by atoms with Gasteiger partial charge >= 0.3 is 12.0 Å². The second-order valence-corrected chi connectivity index (χ2v) is 7.44. The Bertz CT molecular complexity index is 420. The number of halogens is 3. The Kier molecular flexibility index (Phi) is 4.29. The van der Waals surface area contributed by atoms with Crippen molar-refractivity contribution in [3.8, 4) is 0 Å².